The number of aromatic carboxylic acids is 1. The second-order valence-corrected chi connectivity index (χ2v) is 5.63. The molecule has 0 amide bonds. The van der Waals surface area contributed by atoms with Gasteiger partial charge < -0.3 is 15.1 Å². The number of anilines is 1. The number of benzene rings is 1. The number of aliphatic hydroxyl groups is 1. The van der Waals surface area contributed by atoms with Crippen molar-refractivity contribution in [2.75, 3.05) is 18.0 Å². The number of carboxylic acid groups (broad SMARTS) is 1. The van der Waals surface area contributed by atoms with E-state index in [-0.39, 0.29) is 17.7 Å². The summed E-state index contributed by atoms with van der Waals surface area (Å²) in [7, 11) is 0. The van der Waals surface area contributed by atoms with Gasteiger partial charge in [0.2, 0.25) is 0 Å². The third kappa shape index (κ3) is 2.56. The summed E-state index contributed by atoms with van der Waals surface area (Å²) in [6, 6.07) is 9.12. The molecule has 5 nitrogen and oxygen atoms in total. The van der Waals surface area contributed by atoms with Crippen LogP contribution in [0.4, 0.5) is 5.69 Å². The second-order valence-electron chi connectivity index (χ2n) is 5.63. The van der Waals surface area contributed by atoms with Crippen LogP contribution in [0.2, 0.25) is 0 Å². The number of fused-ring (bicyclic) bond motifs is 1. The number of carbonyl (C=O) groups is 1. The first-order chi connectivity index (χ1) is 10.1. The highest BCUT2D eigenvalue weighted by Gasteiger charge is 2.26. The number of carboxylic acids is 1. The van der Waals surface area contributed by atoms with Crippen LogP contribution < -0.4 is 4.90 Å². The average Bonchev–Trinajstić information content (AvgIpc) is 2.49. The average molecular weight is 286 g/mol. The molecule has 1 fully saturated rings. The van der Waals surface area contributed by atoms with Crippen LogP contribution >= 0.6 is 0 Å². The Labute approximate surface area is 122 Å². The van der Waals surface area contributed by atoms with E-state index in [0.29, 0.717) is 12.1 Å². The largest absolute Gasteiger partial charge is 0.477 e. The van der Waals surface area contributed by atoms with Crippen LogP contribution in [0.5, 0.6) is 0 Å². The van der Waals surface area contributed by atoms with Gasteiger partial charge in [-0.15, -0.1) is 0 Å². The van der Waals surface area contributed by atoms with E-state index in [1.807, 2.05) is 31.2 Å². The van der Waals surface area contributed by atoms with E-state index >= 15 is 0 Å². The summed E-state index contributed by atoms with van der Waals surface area (Å²) >= 11 is 0. The molecule has 5 heteroatoms. The lowest BCUT2D eigenvalue weighted by atomic mass is 9.95. The van der Waals surface area contributed by atoms with Crippen LogP contribution in [0.25, 0.3) is 10.9 Å². The Morgan fingerprint density at radius 3 is 2.86 bits per heavy atom. The number of nitrogens with zero attached hydrogens (tertiary/aromatic N) is 2. The molecule has 21 heavy (non-hydrogen) atoms. The van der Waals surface area contributed by atoms with Gasteiger partial charge in [-0.1, -0.05) is 25.1 Å². The Hall–Kier alpha value is -2.14. The first-order valence-electron chi connectivity index (χ1n) is 7.12. The number of piperidine rings is 1. The Balaban J connectivity index is 2.10. The van der Waals surface area contributed by atoms with Crippen LogP contribution in [0.15, 0.2) is 30.3 Å². The molecule has 1 aliphatic heterocycles. The highest BCUT2D eigenvalue weighted by molar-refractivity contribution is 5.97. The lowest BCUT2D eigenvalue weighted by Crippen LogP contribution is -2.43. The smallest absolute Gasteiger partial charge is 0.354 e. The Morgan fingerprint density at radius 1 is 1.38 bits per heavy atom. The summed E-state index contributed by atoms with van der Waals surface area (Å²) in [5, 5.41) is 20.2. The van der Waals surface area contributed by atoms with Crippen molar-refractivity contribution in [2.24, 2.45) is 5.92 Å². The van der Waals surface area contributed by atoms with Gasteiger partial charge in [-0.25, -0.2) is 9.78 Å². The van der Waals surface area contributed by atoms with Gasteiger partial charge in [-0.2, -0.15) is 0 Å². The topological polar surface area (TPSA) is 73.7 Å². The van der Waals surface area contributed by atoms with E-state index < -0.39 is 5.97 Å². The monoisotopic (exact) mass is 286 g/mol. The number of aromatic nitrogens is 1. The Bertz CT molecular complexity index is 686. The molecule has 0 bridgehead atoms. The summed E-state index contributed by atoms with van der Waals surface area (Å²) in [4.78, 5) is 17.5. The van der Waals surface area contributed by atoms with Crippen LogP contribution in [0.1, 0.15) is 23.8 Å². The Morgan fingerprint density at radius 2 is 2.14 bits per heavy atom. The number of pyridine rings is 1. The van der Waals surface area contributed by atoms with Gasteiger partial charge in [0, 0.05) is 24.2 Å². The molecule has 1 aromatic heterocycles. The molecular formula is C16H18N2O3. The molecule has 3 rings (SSSR count). The molecule has 0 aliphatic carbocycles. The molecule has 2 aromatic rings. The number of β-amino-alcohol motifs (C(OH)–C–C–N with tert-alkyl or cyclic N) is 1. The minimum Gasteiger partial charge on any atom is -0.477 e. The predicted molar refractivity (Wildman–Crippen MR) is 80.7 cm³/mol. The normalized spacial score (nSPS) is 22.5. The number of aliphatic hydroxyl groups excluding tert-OH is 1. The third-order valence-corrected chi connectivity index (χ3v) is 4.17. The van der Waals surface area contributed by atoms with Crippen molar-refractivity contribution in [1.82, 2.24) is 4.98 Å². The summed E-state index contributed by atoms with van der Waals surface area (Å²) in [5.74, 6) is -0.763. The van der Waals surface area contributed by atoms with Crippen molar-refractivity contribution < 1.29 is 15.0 Å². The lowest BCUT2D eigenvalue weighted by Gasteiger charge is -2.36. The van der Waals surface area contributed by atoms with Crippen molar-refractivity contribution in [3.63, 3.8) is 0 Å². The maximum absolute atomic E-state index is 11.3. The van der Waals surface area contributed by atoms with E-state index in [2.05, 4.69) is 9.88 Å². The van der Waals surface area contributed by atoms with E-state index in [4.69, 9.17) is 0 Å². The fraction of sp³-hybridized carbons (Fsp3) is 0.375. The van der Waals surface area contributed by atoms with Crippen LogP contribution in [-0.2, 0) is 0 Å². The van der Waals surface area contributed by atoms with Gasteiger partial charge in [0.25, 0.3) is 0 Å². The molecule has 2 heterocycles. The fourth-order valence-electron chi connectivity index (χ4n) is 2.80. The second kappa shape index (κ2) is 5.33. The molecule has 2 atom stereocenters. The lowest BCUT2D eigenvalue weighted by molar-refractivity contribution is 0.0691. The zero-order valence-electron chi connectivity index (χ0n) is 11.9. The molecule has 0 spiro atoms. The SMILES string of the molecule is CC1CCN(c2cc(C(=O)O)nc3ccccc23)CC1O. The number of para-hydroxylation sites is 1. The van der Waals surface area contributed by atoms with E-state index in [1.54, 1.807) is 6.07 Å². The minimum absolute atomic E-state index is 0.0387. The summed E-state index contributed by atoms with van der Waals surface area (Å²) in [6.45, 7) is 3.37. The summed E-state index contributed by atoms with van der Waals surface area (Å²) < 4.78 is 0. The zero-order valence-corrected chi connectivity index (χ0v) is 11.9. The van der Waals surface area contributed by atoms with Gasteiger partial charge in [0.05, 0.1) is 11.6 Å². The summed E-state index contributed by atoms with van der Waals surface area (Å²) in [6.07, 6.45) is 0.499. The first-order valence-corrected chi connectivity index (χ1v) is 7.12. The molecule has 1 saturated heterocycles. The Kier molecular flexibility index (Phi) is 3.51. The maximum atomic E-state index is 11.3. The molecule has 110 valence electrons. The predicted octanol–water partition coefficient (Wildman–Crippen LogP) is 2.14. The molecule has 0 radical (unpaired) electrons. The van der Waals surface area contributed by atoms with Gasteiger partial charge in [0.1, 0.15) is 0 Å². The molecule has 2 N–H and O–H groups in total. The molecule has 2 unspecified atom stereocenters. The van der Waals surface area contributed by atoms with E-state index in [9.17, 15) is 15.0 Å². The van der Waals surface area contributed by atoms with Gasteiger partial charge in [0.15, 0.2) is 5.69 Å². The zero-order chi connectivity index (χ0) is 15.0. The van der Waals surface area contributed by atoms with Crippen LogP contribution in [0.3, 0.4) is 0 Å². The standard InChI is InChI=1S/C16H18N2O3/c1-10-6-7-18(9-15(10)19)14-8-13(16(20)21)17-12-5-3-2-4-11(12)14/h2-5,8,10,15,19H,6-7,9H2,1H3,(H,20,21). The minimum atomic E-state index is -1.03. The molecular weight excluding hydrogens is 268 g/mol. The maximum Gasteiger partial charge on any atom is 0.354 e. The first kappa shape index (κ1) is 13.8. The number of hydrogen-bond donors (Lipinski definition) is 2. The molecule has 1 aliphatic rings. The van der Waals surface area contributed by atoms with E-state index in [1.165, 1.54) is 0 Å². The van der Waals surface area contributed by atoms with Crippen molar-refractivity contribution in [1.29, 1.82) is 0 Å². The highest BCUT2D eigenvalue weighted by Crippen LogP contribution is 2.30. The quantitative estimate of drug-likeness (QED) is 0.885. The van der Waals surface area contributed by atoms with Gasteiger partial charge in [-0.3, -0.25) is 0 Å². The third-order valence-electron chi connectivity index (χ3n) is 4.17. The van der Waals surface area contributed by atoms with Crippen LogP contribution in [-0.4, -0.2) is 40.4 Å². The fourth-order valence-corrected chi connectivity index (χ4v) is 2.80. The van der Waals surface area contributed by atoms with Gasteiger partial charge in [-0.05, 0) is 24.5 Å². The van der Waals surface area contributed by atoms with Crippen molar-refractivity contribution in [2.45, 2.75) is 19.4 Å². The highest BCUT2D eigenvalue weighted by atomic mass is 16.4. The number of hydrogen-bond acceptors (Lipinski definition) is 4. The van der Waals surface area contributed by atoms with Crippen molar-refractivity contribution >= 4 is 22.6 Å². The van der Waals surface area contributed by atoms with E-state index in [0.717, 1.165) is 24.0 Å². The number of rotatable bonds is 2. The summed E-state index contributed by atoms with van der Waals surface area (Å²) in [5.41, 5.74) is 1.54. The van der Waals surface area contributed by atoms with Crippen molar-refractivity contribution in [3.8, 4) is 0 Å². The van der Waals surface area contributed by atoms with Gasteiger partial charge >= 0.3 is 5.97 Å². The molecule has 0 saturated carbocycles. The van der Waals surface area contributed by atoms with Crippen LogP contribution in [0, 0.1) is 5.92 Å². The molecule has 1 aromatic carbocycles. The van der Waals surface area contributed by atoms with Crippen molar-refractivity contribution in [3.05, 3.63) is 36.0 Å².